The summed E-state index contributed by atoms with van der Waals surface area (Å²) in [6.07, 6.45) is -0.149. The second-order valence-corrected chi connectivity index (χ2v) is 6.10. The zero-order valence-corrected chi connectivity index (χ0v) is 14.8. The number of anilines is 1. The standard InChI is InChI=1S/C20H19NO5/c1-11-8-16(22)19-12(2)15(20(24)26-17(19)9-11)10-18(23)21-13-4-6-14(25-3)7-5-13/h4-9,22H,10H2,1-3H3,(H,21,23). The van der Waals surface area contributed by atoms with E-state index in [2.05, 4.69) is 5.32 Å². The van der Waals surface area contributed by atoms with Gasteiger partial charge in [0.25, 0.3) is 0 Å². The third kappa shape index (κ3) is 3.39. The first kappa shape index (κ1) is 17.5. The van der Waals surface area contributed by atoms with Crippen molar-refractivity contribution in [3.8, 4) is 11.5 Å². The molecule has 134 valence electrons. The van der Waals surface area contributed by atoms with Gasteiger partial charge in [-0.1, -0.05) is 0 Å². The summed E-state index contributed by atoms with van der Waals surface area (Å²) in [5.41, 5.74) is 1.87. The molecule has 0 bridgehead atoms. The maximum atomic E-state index is 12.3. The second-order valence-electron chi connectivity index (χ2n) is 6.10. The number of aromatic hydroxyl groups is 1. The number of rotatable bonds is 4. The van der Waals surface area contributed by atoms with Gasteiger partial charge in [-0.2, -0.15) is 0 Å². The SMILES string of the molecule is COc1ccc(NC(=O)Cc2c(C)c3c(O)cc(C)cc3oc2=O)cc1. The number of hydrogen-bond acceptors (Lipinski definition) is 5. The monoisotopic (exact) mass is 353 g/mol. The Kier molecular flexibility index (Phi) is 4.67. The number of amides is 1. The lowest BCUT2D eigenvalue weighted by Crippen LogP contribution is -2.20. The predicted molar refractivity (Wildman–Crippen MR) is 99.0 cm³/mol. The van der Waals surface area contributed by atoms with Crippen LogP contribution >= 0.6 is 0 Å². The van der Waals surface area contributed by atoms with E-state index in [9.17, 15) is 14.7 Å². The van der Waals surface area contributed by atoms with Crippen molar-refractivity contribution in [2.24, 2.45) is 0 Å². The molecule has 0 aliphatic heterocycles. The smallest absolute Gasteiger partial charge is 0.340 e. The third-order valence-electron chi connectivity index (χ3n) is 4.21. The molecule has 0 saturated carbocycles. The number of fused-ring (bicyclic) bond motifs is 1. The summed E-state index contributed by atoms with van der Waals surface area (Å²) in [4.78, 5) is 24.6. The molecule has 0 atom stereocenters. The Labute approximate surface area is 150 Å². The van der Waals surface area contributed by atoms with Crippen LogP contribution in [0.3, 0.4) is 0 Å². The van der Waals surface area contributed by atoms with Gasteiger partial charge in [0, 0.05) is 5.69 Å². The summed E-state index contributed by atoms with van der Waals surface area (Å²) in [6.45, 7) is 3.50. The molecule has 6 heteroatoms. The van der Waals surface area contributed by atoms with Gasteiger partial charge in [0.05, 0.1) is 24.5 Å². The van der Waals surface area contributed by atoms with E-state index >= 15 is 0 Å². The molecular weight excluding hydrogens is 334 g/mol. The lowest BCUT2D eigenvalue weighted by atomic mass is 10.0. The van der Waals surface area contributed by atoms with Crippen molar-refractivity contribution < 1.29 is 19.1 Å². The fourth-order valence-electron chi connectivity index (χ4n) is 2.90. The van der Waals surface area contributed by atoms with E-state index in [-0.39, 0.29) is 23.6 Å². The summed E-state index contributed by atoms with van der Waals surface area (Å²) < 4.78 is 10.4. The normalized spacial score (nSPS) is 10.7. The molecule has 0 unspecified atom stereocenters. The molecule has 1 aromatic heterocycles. The number of benzene rings is 2. The van der Waals surface area contributed by atoms with Crippen LogP contribution in [0.25, 0.3) is 11.0 Å². The maximum Gasteiger partial charge on any atom is 0.340 e. The van der Waals surface area contributed by atoms with Crippen molar-refractivity contribution >= 4 is 22.6 Å². The van der Waals surface area contributed by atoms with Crippen molar-refractivity contribution in [3.05, 3.63) is 63.5 Å². The van der Waals surface area contributed by atoms with Crippen LogP contribution in [0, 0.1) is 13.8 Å². The third-order valence-corrected chi connectivity index (χ3v) is 4.21. The molecule has 3 rings (SSSR count). The van der Waals surface area contributed by atoms with Crippen LogP contribution in [0.15, 0.2) is 45.6 Å². The van der Waals surface area contributed by atoms with Gasteiger partial charge in [-0.25, -0.2) is 4.79 Å². The molecule has 2 aromatic carbocycles. The van der Waals surface area contributed by atoms with Crippen LogP contribution in [0.5, 0.6) is 11.5 Å². The first-order chi connectivity index (χ1) is 12.4. The number of carbonyl (C=O) groups excluding carboxylic acids is 1. The van der Waals surface area contributed by atoms with Crippen molar-refractivity contribution in [3.63, 3.8) is 0 Å². The van der Waals surface area contributed by atoms with Gasteiger partial charge in [0.15, 0.2) is 0 Å². The zero-order chi connectivity index (χ0) is 18.8. The van der Waals surface area contributed by atoms with Crippen molar-refractivity contribution in [2.45, 2.75) is 20.3 Å². The summed E-state index contributed by atoms with van der Waals surface area (Å²) in [5.74, 6) is 0.356. The quantitative estimate of drug-likeness (QED) is 0.703. The van der Waals surface area contributed by atoms with Crippen LogP contribution in [0.1, 0.15) is 16.7 Å². The minimum Gasteiger partial charge on any atom is -0.507 e. The molecule has 2 N–H and O–H groups in total. The molecule has 0 spiro atoms. The Morgan fingerprint density at radius 2 is 1.88 bits per heavy atom. The summed E-state index contributed by atoms with van der Waals surface area (Å²) in [5, 5.41) is 13.4. The highest BCUT2D eigenvalue weighted by Crippen LogP contribution is 2.30. The van der Waals surface area contributed by atoms with Gasteiger partial charge in [-0.15, -0.1) is 0 Å². The average molecular weight is 353 g/mol. The summed E-state index contributed by atoms with van der Waals surface area (Å²) in [6, 6.07) is 10.2. The fourth-order valence-corrected chi connectivity index (χ4v) is 2.90. The topological polar surface area (TPSA) is 88.8 Å². The minimum absolute atomic E-state index is 0.0260. The van der Waals surface area contributed by atoms with E-state index in [0.29, 0.717) is 28.0 Å². The van der Waals surface area contributed by atoms with Gasteiger partial charge in [-0.05, 0) is 61.4 Å². The van der Waals surface area contributed by atoms with Gasteiger partial charge < -0.3 is 19.6 Å². The molecule has 1 heterocycles. The summed E-state index contributed by atoms with van der Waals surface area (Å²) >= 11 is 0. The molecule has 0 saturated heterocycles. The molecule has 0 fully saturated rings. The fraction of sp³-hybridized carbons (Fsp3) is 0.200. The van der Waals surface area contributed by atoms with Crippen molar-refractivity contribution in [1.82, 2.24) is 0 Å². The Morgan fingerprint density at radius 1 is 1.19 bits per heavy atom. The highest BCUT2D eigenvalue weighted by Gasteiger charge is 2.17. The molecule has 0 aliphatic carbocycles. The van der Waals surface area contributed by atoms with E-state index in [0.717, 1.165) is 5.56 Å². The van der Waals surface area contributed by atoms with Crippen LogP contribution in [-0.4, -0.2) is 18.1 Å². The van der Waals surface area contributed by atoms with Gasteiger partial charge in [-0.3, -0.25) is 4.79 Å². The number of ether oxygens (including phenoxy) is 1. The largest absolute Gasteiger partial charge is 0.507 e. The molecule has 0 radical (unpaired) electrons. The minimum atomic E-state index is -0.579. The van der Waals surface area contributed by atoms with Crippen LogP contribution < -0.4 is 15.7 Å². The molecule has 0 aliphatic rings. The summed E-state index contributed by atoms with van der Waals surface area (Å²) in [7, 11) is 1.56. The zero-order valence-electron chi connectivity index (χ0n) is 14.8. The number of phenols is 1. The highest BCUT2D eigenvalue weighted by atomic mass is 16.5. The Hall–Kier alpha value is -3.28. The van der Waals surface area contributed by atoms with E-state index in [1.54, 1.807) is 57.4 Å². The molecule has 6 nitrogen and oxygen atoms in total. The first-order valence-corrected chi connectivity index (χ1v) is 8.09. The average Bonchev–Trinajstić information content (AvgIpc) is 2.58. The Bertz CT molecular complexity index is 1030. The van der Waals surface area contributed by atoms with Crippen molar-refractivity contribution in [1.29, 1.82) is 0 Å². The lowest BCUT2D eigenvalue weighted by Gasteiger charge is -2.10. The van der Waals surface area contributed by atoms with Crippen molar-refractivity contribution in [2.75, 3.05) is 12.4 Å². The van der Waals surface area contributed by atoms with E-state index in [1.807, 2.05) is 0 Å². The number of nitrogens with one attached hydrogen (secondary N) is 1. The number of carbonyl (C=O) groups is 1. The Morgan fingerprint density at radius 3 is 2.54 bits per heavy atom. The van der Waals surface area contributed by atoms with Gasteiger partial charge in [0.2, 0.25) is 5.91 Å². The van der Waals surface area contributed by atoms with Crippen LogP contribution in [0.4, 0.5) is 5.69 Å². The Balaban J connectivity index is 1.90. The van der Waals surface area contributed by atoms with Crippen LogP contribution in [0.2, 0.25) is 0 Å². The number of phenolic OH excluding ortho intramolecular Hbond substituents is 1. The molecule has 26 heavy (non-hydrogen) atoms. The lowest BCUT2D eigenvalue weighted by molar-refractivity contribution is -0.115. The maximum absolute atomic E-state index is 12.3. The van der Waals surface area contributed by atoms with E-state index in [4.69, 9.17) is 9.15 Å². The van der Waals surface area contributed by atoms with Gasteiger partial charge >= 0.3 is 5.63 Å². The molecular formula is C20H19NO5. The number of hydrogen-bond donors (Lipinski definition) is 2. The number of aryl methyl sites for hydroxylation is 2. The second kappa shape index (κ2) is 6.92. The van der Waals surface area contributed by atoms with E-state index in [1.165, 1.54) is 0 Å². The van der Waals surface area contributed by atoms with E-state index < -0.39 is 5.63 Å². The first-order valence-electron chi connectivity index (χ1n) is 8.09. The number of methoxy groups -OCH3 is 1. The van der Waals surface area contributed by atoms with Crippen LogP contribution in [-0.2, 0) is 11.2 Å². The molecule has 3 aromatic rings. The van der Waals surface area contributed by atoms with Gasteiger partial charge in [0.1, 0.15) is 17.1 Å². The molecule has 1 amide bonds. The predicted octanol–water partition coefficient (Wildman–Crippen LogP) is 3.31. The highest BCUT2D eigenvalue weighted by molar-refractivity contribution is 5.94.